The third kappa shape index (κ3) is 3.62. The molecule has 0 spiro atoms. The van der Waals surface area contributed by atoms with Crippen LogP contribution in [-0.2, 0) is 0 Å². The van der Waals surface area contributed by atoms with E-state index in [1.807, 2.05) is 49.4 Å². The monoisotopic (exact) mass is 334 g/mol. The number of halogens is 1. The fourth-order valence-corrected chi connectivity index (χ4v) is 2.24. The van der Waals surface area contributed by atoms with Crippen LogP contribution in [0, 0.1) is 6.92 Å². The summed E-state index contributed by atoms with van der Waals surface area (Å²) in [6.07, 6.45) is 0.379. The van der Waals surface area contributed by atoms with E-state index in [0.717, 1.165) is 33.3 Å². The standard InChI is InChI=1S/C17H19BrO2/c1-3-10-20-15-7-4-13(5-8-15)17(19)14-6-9-16(18)12(2)11-14/h4-9,11,17,19H,3,10H2,1-2H3. The van der Waals surface area contributed by atoms with Gasteiger partial charge in [-0.2, -0.15) is 0 Å². The van der Waals surface area contributed by atoms with Crippen molar-refractivity contribution in [2.24, 2.45) is 0 Å². The van der Waals surface area contributed by atoms with E-state index in [1.54, 1.807) is 0 Å². The molecule has 0 fully saturated rings. The number of aryl methyl sites for hydroxylation is 1. The SMILES string of the molecule is CCCOc1ccc(C(O)c2ccc(Br)c(C)c2)cc1. The third-order valence-corrected chi connectivity index (χ3v) is 4.06. The lowest BCUT2D eigenvalue weighted by Gasteiger charge is -2.13. The largest absolute Gasteiger partial charge is 0.494 e. The molecule has 0 amide bonds. The second-order valence-electron chi connectivity index (χ2n) is 4.83. The zero-order valence-electron chi connectivity index (χ0n) is 11.8. The van der Waals surface area contributed by atoms with E-state index in [9.17, 15) is 5.11 Å². The topological polar surface area (TPSA) is 29.5 Å². The van der Waals surface area contributed by atoms with Crippen molar-refractivity contribution in [1.29, 1.82) is 0 Å². The van der Waals surface area contributed by atoms with Gasteiger partial charge in [0.15, 0.2) is 0 Å². The molecule has 1 N–H and O–H groups in total. The van der Waals surface area contributed by atoms with Gasteiger partial charge in [0.05, 0.1) is 6.61 Å². The van der Waals surface area contributed by atoms with Gasteiger partial charge in [-0.1, -0.05) is 47.1 Å². The summed E-state index contributed by atoms with van der Waals surface area (Å²) in [6, 6.07) is 13.5. The van der Waals surface area contributed by atoms with Crippen molar-refractivity contribution in [3.63, 3.8) is 0 Å². The molecular weight excluding hydrogens is 316 g/mol. The average molecular weight is 335 g/mol. The number of rotatable bonds is 5. The number of aliphatic hydroxyl groups excluding tert-OH is 1. The maximum absolute atomic E-state index is 10.4. The van der Waals surface area contributed by atoms with E-state index < -0.39 is 6.10 Å². The summed E-state index contributed by atoms with van der Waals surface area (Å²) < 4.78 is 6.60. The predicted molar refractivity (Wildman–Crippen MR) is 85.2 cm³/mol. The quantitative estimate of drug-likeness (QED) is 0.863. The van der Waals surface area contributed by atoms with Gasteiger partial charge in [0.25, 0.3) is 0 Å². The molecule has 0 radical (unpaired) electrons. The zero-order valence-corrected chi connectivity index (χ0v) is 13.4. The molecule has 2 aromatic rings. The summed E-state index contributed by atoms with van der Waals surface area (Å²) in [7, 11) is 0. The van der Waals surface area contributed by atoms with Crippen molar-refractivity contribution in [1.82, 2.24) is 0 Å². The van der Waals surface area contributed by atoms with E-state index in [4.69, 9.17) is 4.74 Å². The summed E-state index contributed by atoms with van der Waals surface area (Å²) in [5, 5.41) is 10.4. The molecule has 0 aromatic heterocycles. The average Bonchev–Trinajstić information content (AvgIpc) is 2.48. The fraction of sp³-hybridized carbons (Fsp3) is 0.294. The summed E-state index contributed by atoms with van der Waals surface area (Å²) >= 11 is 3.47. The van der Waals surface area contributed by atoms with Crippen LogP contribution >= 0.6 is 15.9 Å². The van der Waals surface area contributed by atoms with Gasteiger partial charge in [0.1, 0.15) is 11.9 Å². The molecule has 3 heteroatoms. The second kappa shape index (κ2) is 6.91. The van der Waals surface area contributed by atoms with Gasteiger partial charge in [-0.25, -0.2) is 0 Å². The van der Waals surface area contributed by atoms with Gasteiger partial charge in [-0.15, -0.1) is 0 Å². The molecular formula is C17H19BrO2. The molecule has 20 heavy (non-hydrogen) atoms. The highest BCUT2D eigenvalue weighted by Gasteiger charge is 2.11. The minimum Gasteiger partial charge on any atom is -0.494 e. The molecule has 0 saturated carbocycles. The Kier molecular flexibility index (Phi) is 5.21. The highest BCUT2D eigenvalue weighted by Crippen LogP contribution is 2.27. The first-order valence-electron chi connectivity index (χ1n) is 6.78. The van der Waals surface area contributed by atoms with Gasteiger partial charge in [-0.3, -0.25) is 0 Å². The van der Waals surface area contributed by atoms with Crippen LogP contribution in [0.2, 0.25) is 0 Å². The first kappa shape index (κ1) is 15.1. The summed E-state index contributed by atoms with van der Waals surface area (Å²) in [6.45, 7) is 4.81. The van der Waals surface area contributed by atoms with Crippen molar-refractivity contribution in [2.45, 2.75) is 26.4 Å². The first-order chi connectivity index (χ1) is 9.61. The Morgan fingerprint density at radius 1 is 1.10 bits per heavy atom. The lowest BCUT2D eigenvalue weighted by molar-refractivity contribution is 0.220. The molecule has 2 nitrogen and oxygen atoms in total. The van der Waals surface area contributed by atoms with Crippen molar-refractivity contribution >= 4 is 15.9 Å². The minimum absolute atomic E-state index is 0.609. The molecule has 0 aliphatic rings. The molecule has 1 unspecified atom stereocenters. The van der Waals surface area contributed by atoms with Crippen molar-refractivity contribution in [3.8, 4) is 5.75 Å². The van der Waals surface area contributed by atoms with Crippen molar-refractivity contribution < 1.29 is 9.84 Å². The van der Waals surface area contributed by atoms with Crippen LogP contribution < -0.4 is 4.74 Å². The Hall–Kier alpha value is -1.32. The lowest BCUT2D eigenvalue weighted by Crippen LogP contribution is -2.01. The van der Waals surface area contributed by atoms with Crippen LogP contribution in [0.15, 0.2) is 46.9 Å². The summed E-state index contributed by atoms with van der Waals surface area (Å²) in [4.78, 5) is 0. The second-order valence-corrected chi connectivity index (χ2v) is 5.68. The van der Waals surface area contributed by atoms with Gasteiger partial charge in [0.2, 0.25) is 0 Å². The lowest BCUT2D eigenvalue weighted by atomic mass is 10.00. The van der Waals surface area contributed by atoms with Crippen molar-refractivity contribution in [2.75, 3.05) is 6.61 Å². The van der Waals surface area contributed by atoms with Gasteiger partial charge in [-0.05, 0) is 48.2 Å². The molecule has 0 aliphatic carbocycles. The highest BCUT2D eigenvalue weighted by molar-refractivity contribution is 9.10. The number of hydrogen-bond donors (Lipinski definition) is 1. The molecule has 2 rings (SSSR count). The van der Waals surface area contributed by atoms with E-state index >= 15 is 0 Å². The molecule has 0 bridgehead atoms. The third-order valence-electron chi connectivity index (χ3n) is 3.17. The van der Waals surface area contributed by atoms with Crippen LogP contribution in [0.4, 0.5) is 0 Å². The van der Waals surface area contributed by atoms with E-state index in [1.165, 1.54) is 0 Å². The molecule has 1 atom stereocenters. The van der Waals surface area contributed by atoms with Crippen LogP contribution in [0.5, 0.6) is 5.75 Å². The fourth-order valence-electron chi connectivity index (χ4n) is 2.00. The van der Waals surface area contributed by atoms with Gasteiger partial charge in [0, 0.05) is 4.47 Å². The van der Waals surface area contributed by atoms with E-state index in [-0.39, 0.29) is 0 Å². The predicted octanol–water partition coefficient (Wildman–Crippen LogP) is 4.63. The molecule has 0 saturated heterocycles. The maximum Gasteiger partial charge on any atom is 0.119 e. The first-order valence-corrected chi connectivity index (χ1v) is 7.58. The van der Waals surface area contributed by atoms with Crippen molar-refractivity contribution in [3.05, 3.63) is 63.6 Å². The Bertz CT molecular complexity index is 564. The normalized spacial score (nSPS) is 12.2. The smallest absolute Gasteiger partial charge is 0.119 e. The van der Waals surface area contributed by atoms with Crippen LogP contribution in [-0.4, -0.2) is 11.7 Å². The highest BCUT2D eigenvalue weighted by atomic mass is 79.9. The van der Waals surface area contributed by atoms with Crippen LogP contribution in [0.1, 0.15) is 36.1 Å². The Morgan fingerprint density at radius 2 is 1.75 bits per heavy atom. The molecule has 106 valence electrons. The number of hydrogen-bond acceptors (Lipinski definition) is 2. The zero-order chi connectivity index (χ0) is 14.5. The summed E-state index contributed by atoms with van der Waals surface area (Å²) in [5.74, 6) is 0.842. The van der Waals surface area contributed by atoms with Gasteiger partial charge >= 0.3 is 0 Å². The number of aliphatic hydroxyl groups is 1. The number of ether oxygens (including phenoxy) is 1. The number of benzene rings is 2. The minimum atomic E-state index is -0.609. The molecule has 2 aromatic carbocycles. The van der Waals surface area contributed by atoms with E-state index in [0.29, 0.717) is 6.61 Å². The Labute approximate surface area is 128 Å². The van der Waals surface area contributed by atoms with E-state index in [2.05, 4.69) is 22.9 Å². The van der Waals surface area contributed by atoms with Crippen LogP contribution in [0.25, 0.3) is 0 Å². The Morgan fingerprint density at radius 3 is 2.35 bits per heavy atom. The van der Waals surface area contributed by atoms with Crippen LogP contribution in [0.3, 0.4) is 0 Å². The maximum atomic E-state index is 10.4. The summed E-state index contributed by atoms with van der Waals surface area (Å²) in [5.41, 5.74) is 2.88. The molecule has 0 heterocycles. The molecule has 0 aliphatic heterocycles. The van der Waals surface area contributed by atoms with Gasteiger partial charge < -0.3 is 9.84 Å². The Balaban J connectivity index is 2.15.